The molecule has 7 heteroatoms. The number of nitrogens with zero attached hydrogens (tertiary/aromatic N) is 4. The number of carbonyl (C=O) groups is 1. The molecular formula is C22H23N5O2. The maximum atomic E-state index is 12.6. The van der Waals surface area contributed by atoms with Crippen molar-refractivity contribution in [2.75, 3.05) is 48.4 Å². The van der Waals surface area contributed by atoms with E-state index in [-0.39, 0.29) is 5.91 Å². The fraction of sp³-hybridized carbons (Fsp3) is 0.227. The molecule has 148 valence electrons. The van der Waals surface area contributed by atoms with Crippen LogP contribution in [0.5, 0.6) is 5.75 Å². The topological polar surface area (TPSA) is 70.6 Å². The van der Waals surface area contributed by atoms with E-state index in [9.17, 15) is 4.79 Å². The van der Waals surface area contributed by atoms with Crippen molar-refractivity contribution in [2.24, 2.45) is 0 Å². The molecule has 0 aliphatic carbocycles. The van der Waals surface area contributed by atoms with Crippen LogP contribution >= 0.6 is 0 Å². The Hall–Kier alpha value is -3.61. The van der Waals surface area contributed by atoms with Crippen LogP contribution in [0, 0.1) is 0 Å². The Labute approximate surface area is 170 Å². The van der Waals surface area contributed by atoms with Crippen molar-refractivity contribution in [3.05, 3.63) is 72.6 Å². The van der Waals surface area contributed by atoms with Gasteiger partial charge in [0.2, 0.25) is 5.95 Å². The van der Waals surface area contributed by atoms with E-state index in [1.165, 1.54) is 5.69 Å². The molecule has 1 fully saturated rings. The molecule has 0 bridgehead atoms. The zero-order valence-electron chi connectivity index (χ0n) is 16.3. The lowest BCUT2D eigenvalue weighted by atomic mass is 10.2. The molecule has 0 radical (unpaired) electrons. The number of anilines is 3. The second-order valence-electron chi connectivity index (χ2n) is 6.74. The van der Waals surface area contributed by atoms with E-state index in [0.717, 1.165) is 26.2 Å². The van der Waals surface area contributed by atoms with E-state index in [1.54, 1.807) is 25.4 Å². The van der Waals surface area contributed by atoms with Gasteiger partial charge in [-0.2, -0.15) is 0 Å². The van der Waals surface area contributed by atoms with Crippen LogP contribution in [0.1, 0.15) is 10.5 Å². The summed E-state index contributed by atoms with van der Waals surface area (Å²) in [6.07, 6.45) is 1.63. The number of amides is 1. The van der Waals surface area contributed by atoms with E-state index in [4.69, 9.17) is 4.74 Å². The number of nitrogens with one attached hydrogen (secondary N) is 1. The van der Waals surface area contributed by atoms with Crippen LogP contribution in [-0.4, -0.2) is 49.2 Å². The molecule has 4 rings (SSSR count). The van der Waals surface area contributed by atoms with Gasteiger partial charge in [0.1, 0.15) is 11.4 Å². The highest BCUT2D eigenvalue weighted by molar-refractivity contribution is 6.03. The Bertz CT molecular complexity index is 972. The third-order valence-electron chi connectivity index (χ3n) is 4.89. The summed E-state index contributed by atoms with van der Waals surface area (Å²) >= 11 is 0. The first kappa shape index (κ1) is 18.7. The normalized spacial score (nSPS) is 13.8. The minimum atomic E-state index is -0.273. The second kappa shape index (κ2) is 8.60. The number of aromatic nitrogens is 2. The Morgan fingerprint density at radius 3 is 2.48 bits per heavy atom. The summed E-state index contributed by atoms with van der Waals surface area (Å²) in [4.78, 5) is 25.9. The van der Waals surface area contributed by atoms with Gasteiger partial charge in [-0.25, -0.2) is 9.97 Å². The Morgan fingerprint density at radius 1 is 0.966 bits per heavy atom. The van der Waals surface area contributed by atoms with Crippen LogP contribution in [0.25, 0.3) is 0 Å². The van der Waals surface area contributed by atoms with E-state index >= 15 is 0 Å². The van der Waals surface area contributed by atoms with Crippen molar-refractivity contribution in [1.29, 1.82) is 0 Å². The molecule has 1 aromatic heterocycles. The molecule has 2 aromatic carbocycles. The van der Waals surface area contributed by atoms with Crippen molar-refractivity contribution in [2.45, 2.75) is 0 Å². The molecule has 0 atom stereocenters. The largest absolute Gasteiger partial charge is 0.497 e. The Balaban J connectivity index is 1.41. The molecule has 1 aliphatic heterocycles. The lowest BCUT2D eigenvalue weighted by Crippen LogP contribution is -2.47. The van der Waals surface area contributed by atoms with Gasteiger partial charge in [-0.1, -0.05) is 24.3 Å². The lowest BCUT2D eigenvalue weighted by molar-refractivity contribution is 0.102. The summed E-state index contributed by atoms with van der Waals surface area (Å²) in [6.45, 7) is 3.37. The Kier molecular flexibility index (Phi) is 5.56. The molecule has 0 spiro atoms. The number of piperazine rings is 1. The van der Waals surface area contributed by atoms with Gasteiger partial charge in [0, 0.05) is 49.8 Å². The van der Waals surface area contributed by atoms with Gasteiger partial charge in [-0.3, -0.25) is 4.79 Å². The molecule has 7 nitrogen and oxygen atoms in total. The average Bonchev–Trinajstić information content (AvgIpc) is 2.80. The number of benzene rings is 2. The third kappa shape index (κ3) is 4.45. The zero-order valence-corrected chi connectivity index (χ0v) is 16.3. The summed E-state index contributed by atoms with van der Waals surface area (Å²) in [5, 5.41) is 2.86. The minimum Gasteiger partial charge on any atom is -0.497 e. The molecular weight excluding hydrogens is 366 g/mol. The van der Waals surface area contributed by atoms with Gasteiger partial charge in [0.25, 0.3) is 5.91 Å². The van der Waals surface area contributed by atoms with Crippen LogP contribution in [0.3, 0.4) is 0 Å². The van der Waals surface area contributed by atoms with Crippen LogP contribution in [0.4, 0.5) is 17.3 Å². The molecule has 2 heterocycles. The molecule has 3 aromatic rings. The number of ether oxygens (including phenoxy) is 1. The van der Waals surface area contributed by atoms with E-state index in [0.29, 0.717) is 23.1 Å². The molecule has 0 unspecified atom stereocenters. The first-order chi connectivity index (χ1) is 14.2. The molecule has 29 heavy (non-hydrogen) atoms. The Morgan fingerprint density at radius 2 is 1.72 bits per heavy atom. The highest BCUT2D eigenvalue weighted by atomic mass is 16.5. The molecule has 1 saturated heterocycles. The zero-order chi connectivity index (χ0) is 20.1. The predicted molar refractivity (Wildman–Crippen MR) is 114 cm³/mol. The van der Waals surface area contributed by atoms with Crippen LogP contribution in [-0.2, 0) is 0 Å². The number of hydrogen-bond donors (Lipinski definition) is 1. The molecule has 1 aliphatic rings. The number of carbonyl (C=O) groups excluding carboxylic acids is 1. The highest BCUT2D eigenvalue weighted by Crippen LogP contribution is 2.19. The fourth-order valence-corrected chi connectivity index (χ4v) is 3.33. The van der Waals surface area contributed by atoms with Crippen molar-refractivity contribution < 1.29 is 9.53 Å². The first-order valence-corrected chi connectivity index (χ1v) is 9.56. The fourth-order valence-electron chi connectivity index (χ4n) is 3.33. The standard InChI is InChI=1S/C22H23N5O2/c1-29-19-9-5-6-17(16-19)24-21(28)20-10-11-23-22(25-20)27-14-12-26(13-15-27)18-7-3-2-4-8-18/h2-11,16H,12-15H2,1H3,(H,24,28). The number of para-hydroxylation sites is 1. The minimum absolute atomic E-state index is 0.273. The quantitative estimate of drug-likeness (QED) is 0.723. The van der Waals surface area contributed by atoms with Crippen LogP contribution in [0.15, 0.2) is 66.9 Å². The smallest absolute Gasteiger partial charge is 0.274 e. The van der Waals surface area contributed by atoms with Crippen molar-refractivity contribution >= 4 is 23.2 Å². The lowest BCUT2D eigenvalue weighted by Gasteiger charge is -2.36. The van der Waals surface area contributed by atoms with Crippen molar-refractivity contribution in [1.82, 2.24) is 9.97 Å². The van der Waals surface area contributed by atoms with Crippen LogP contribution < -0.4 is 19.9 Å². The maximum absolute atomic E-state index is 12.6. The summed E-state index contributed by atoms with van der Waals surface area (Å²) < 4.78 is 5.19. The number of rotatable bonds is 5. The summed E-state index contributed by atoms with van der Waals surface area (Å²) in [5.74, 6) is 0.989. The van der Waals surface area contributed by atoms with Crippen molar-refractivity contribution in [3.63, 3.8) is 0 Å². The second-order valence-corrected chi connectivity index (χ2v) is 6.74. The van der Waals surface area contributed by atoms with Gasteiger partial charge in [0.05, 0.1) is 7.11 Å². The molecule has 1 N–H and O–H groups in total. The molecule has 0 saturated carbocycles. The van der Waals surface area contributed by atoms with E-state index < -0.39 is 0 Å². The number of methoxy groups -OCH3 is 1. The third-order valence-corrected chi connectivity index (χ3v) is 4.89. The SMILES string of the molecule is COc1cccc(NC(=O)c2ccnc(N3CCN(c4ccccc4)CC3)n2)c1. The van der Waals surface area contributed by atoms with Gasteiger partial charge >= 0.3 is 0 Å². The van der Waals surface area contributed by atoms with Gasteiger partial charge in [-0.15, -0.1) is 0 Å². The monoisotopic (exact) mass is 389 g/mol. The number of hydrogen-bond acceptors (Lipinski definition) is 6. The van der Waals surface area contributed by atoms with Gasteiger partial charge < -0.3 is 19.9 Å². The summed E-state index contributed by atoms with van der Waals surface area (Å²) in [5.41, 5.74) is 2.22. The van der Waals surface area contributed by atoms with Gasteiger partial charge in [-0.05, 0) is 30.3 Å². The van der Waals surface area contributed by atoms with Gasteiger partial charge in [0.15, 0.2) is 0 Å². The maximum Gasteiger partial charge on any atom is 0.274 e. The van der Waals surface area contributed by atoms with E-state index in [1.807, 2.05) is 24.3 Å². The van der Waals surface area contributed by atoms with Crippen molar-refractivity contribution in [3.8, 4) is 5.75 Å². The molecule has 1 amide bonds. The van der Waals surface area contributed by atoms with Crippen LogP contribution in [0.2, 0.25) is 0 Å². The van der Waals surface area contributed by atoms with E-state index in [2.05, 4.69) is 49.4 Å². The summed E-state index contributed by atoms with van der Waals surface area (Å²) in [6, 6.07) is 19.2. The predicted octanol–water partition coefficient (Wildman–Crippen LogP) is 3.06. The first-order valence-electron chi connectivity index (χ1n) is 9.56. The summed E-state index contributed by atoms with van der Waals surface area (Å²) in [7, 11) is 1.59. The average molecular weight is 389 g/mol. The highest BCUT2D eigenvalue weighted by Gasteiger charge is 2.20.